The maximum atomic E-state index is 11.9. The monoisotopic (exact) mass is 465 g/mol. The van der Waals surface area contributed by atoms with E-state index in [4.69, 9.17) is 28.4 Å². The van der Waals surface area contributed by atoms with Gasteiger partial charge in [-0.2, -0.15) is 0 Å². The van der Waals surface area contributed by atoms with Crippen LogP contribution in [0.5, 0.6) is 5.75 Å². The Labute approximate surface area is 190 Å². The van der Waals surface area contributed by atoms with E-state index in [9.17, 15) is 19.2 Å². The van der Waals surface area contributed by atoms with Crippen molar-refractivity contribution >= 4 is 30.1 Å². The number of aliphatic imine (C=N–C) groups is 1. The Morgan fingerprint density at radius 1 is 0.879 bits per heavy atom. The standard InChI is InChI=1S/C22H27NO10/c1-12(24)29-11-18-20(30-13(2)25)21(31-14(3)26)19(22(33-18)32-15(4)27)23-10-16-6-8-17(28-5)9-7-16/h6-10,18-22H,11H2,1-5H3/b23-10+/t18-,19-,20-,21-,22-/m1/s1. The van der Waals surface area contributed by atoms with Crippen LogP contribution in [0, 0.1) is 0 Å². The first-order valence-electron chi connectivity index (χ1n) is 10.1. The molecule has 1 aromatic rings. The van der Waals surface area contributed by atoms with E-state index < -0.39 is 54.5 Å². The minimum atomic E-state index is -1.31. The van der Waals surface area contributed by atoms with Crippen molar-refractivity contribution in [3.63, 3.8) is 0 Å². The van der Waals surface area contributed by atoms with Crippen LogP contribution in [0.25, 0.3) is 0 Å². The molecule has 180 valence electrons. The fourth-order valence-corrected chi connectivity index (χ4v) is 3.17. The van der Waals surface area contributed by atoms with Crippen LogP contribution in [0.4, 0.5) is 0 Å². The lowest BCUT2D eigenvalue weighted by atomic mass is 9.96. The smallest absolute Gasteiger partial charge is 0.305 e. The number of hydrogen-bond donors (Lipinski definition) is 0. The Kier molecular flexibility index (Phi) is 9.34. The zero-order valence-corrected chi connectivity index (χ0v) is 19.0. The summed E-state index contributed by atoms with van der Waals surface area (Å²) in [6.07, 6.45) is -3.31. The molecule has 1 fully saturated rings. The van der Waals surface area contributed by atoms with Crippen LogP contribution in [0.3, 0.4) is 0 Å². The van der Waals surface area contributed by atoms with Crippen molar-refractivity contribution in [2.24, 2.45) is 4.99 Å². The van der Waals surface area contributed by atoms with Gasteiger partial charge in [0.2, 0.25) is 6.29 Å². The predicted molar refractivity (Wildman–Crippen MR) is 113 cm³/mol. The average Bonchev–Trinajstić information content (AvgIpc) is 2.73. The van der Waals surface area contributed by atoms with Gasteiger partial charge < -0.3 is 28.4 Å². The summed E-state index contributed by atoms with van der Waals surface area (Å²) in [5.74, 6) is -2.00. The summed E-state index contributed by atoms with van der Waals surface area (Å²) in [7, 11) is 1.54. The Balaban J connectivity index is 2.45. The number of methoxy groups -OCH3 is 1. The van der Waals surface area contributed by atoms with E-state index in [0.717, 1.165) is 0 Å². The molecule has 0 saturated carbocycles. The van der Waals surface area contributed by atoms with Gasteiger partial charge in [-0.25, -0.2) is 0 Å². The number of benzene rings is 1. The predicted octanol–water partition coefficient (Wildman–Crippen LogP) is 1.20. The molecule has 1 saturated heterocycles. The zero-order valence-electron chi connectivity index (χ0n) is 19.0. The minimum absolute atomic E-state index is 0.336. The topological polar surface area (TPSA) is 136 Å². The van der Waals surface area contributed by atoms with Crippen LogP contribution in [0.1, 0.15) is 33.3 Å². The van der Waals surface area contributed by atoms with Gasteiger partial charge >= 0.3 is 23.9 Å². The summed E-state index contributed by atoms with van der Waals surface area (Å²) in [6.45, 7) is 4.37. The van der Waals surface area contributed by atoms with Crippen molar-refractivity contribution in [2.75, 3.05) is 13.7 Å². The maximum Gasteiger partial charge on any atom is 0.305 e. The second-order valence-corrected chi connectivity index (χ2v) is 7.14. The molecule has 1 aromatic carbocycles. The Bertz CT molecular complexity index is 882. The summed E-state index contributed by atoms with van der Waals surface area (Å²) in [4.78, 5) is 51.1. The van der Waals surface area contributed by atoms with E-state index in [2.05, 4.69) is 4.99 Å². The lowest BCUT2D eigenvalue weighted by Gasteiger charge is -2.42. The molecule has 1 aliphatic rings. The van der Waals surface area contributed by atoms with Gasteiger partial charge in [-0.05, 0) is 29.8 Å². The largest absolute Gasteiger partial charge is 0.497 e. The van der Waals surface area contributed by atoms with E-state index >= 15 is 0 Å². The molecular formula is C22H27NO10. The molecular weight excluding hydrogens is 438 g/mol. The number of ether oxygens (including phenoxy) is 6. The third-order valence-electron chi connectivity index (χ3n) is 4.46. The van der Waals surface area contributed by atoms with E-state index in [1.165, 1.54) is 41.0 Å². The van der Waals surface area contributed by atoms with Crippen molar-refractivity contribution in [2.45, 2.75) is 58.3 Å². The first-order valence-corrected chi connectivity index (χ1v) is 10.1. The average molecular weight is 465 g/mol. The lowest BCUT2D eigenvalue weighted by molar-refractivity contribution is -0.266. The van der Waals surface area contributed by atoms with Crippen molar-refractivity contribution in [3.8, 4) is 5.75 Å². The van der Waals surface area contributed by atoms with Crippen LogP contribution in [0.15, 0.2) is 29.3 Å². The van der Waals surface area contributed by atoms with E-state index in [-0.39, 0.29) is 6.61 Å². The molecule has 11 heteroatoms. The summed E-state index contributed by atoms with van der Waals surface area (Å²) in [5.41, 5.74) is 0.671. The minimum Gasteiger partial charge on any atom is -0.497 e. The molecule has 11 nitrogen and oxygen atoms in total. The number of nitrogens with zero attached hydrogens (tertiary/aromatic N) is 1. The number of carbonyl (C=O) groups is 4. The molecule has 0 spiro atoms. The summed E-state index contributed by atoms with van der Waals surface area (Å²) >= 11 is 0. The molecule has 0 unspecified atom stereocenters. The van der Waals surface area contributed by atoms with Gasteiger partial charge in [0.05, 0.1) is 7.11 Å². The number of esters is 4. The molecule has 0 aromatic heterocycles. The Morgan fingerprint density at radius 2 is 1.45 bits per heavy atom. The fourth-order valence-electron chi connectivity index (χ4n) is 3.17. The first kappa shape index (κ1) is 25.8. The highest BCUT2D eigenvalue weighted by atomic mass is 16.7. The number of rotatable bonds is 8. The third kappa shape index (κ3) is 7.86. The molecule has 33 heavy (non-hydrogen) atoms. The molecule has 5 atom stereocenters. The van der Waals surface area contributed by atoms with Crippen LogP contribution >= 0.6 is 0 Å². The van der Waals surface area contributed by atoms with Crippen molar-refractivity contribution < 1.29 is 47.6 Å². The van der Waals surface area contributed by atoms with Gasteiger partial charge in [0, 0.05) is 33.9 Å². The zero-order chi connectivity index (χ0) is 24.5. The number of carbonyl (C=O) groups excluding carboxylic acids is 4. The van der Waals surface area contributed by atoms with Gasteiger partial charge in [0.15, 0.2) is 18.2 Å². The van der Waals surface area contributed by atoms with Gasteiger partial charge in [0.1, 0.15) is 18.5 Å². The van der Waals surface area contributed by atoms with Crippen molar-refractivity contribution in [3.05, 3.63) is 29.8 Å². The number of hydrogen-bond acceptors (Lipinski definition) is 11. The molecule has 0 bridgehead atoms. The van der Waals surface area contributed by atoms with Crippen LogP contribution in [-0.4, -0.2) is 74.5 Å². The maximum absolute atomic E-state index is 11.9. The quantitative estimate of drug-likeness (QED) is 0.313. The van der Waals surface area contributed by atoms with Gasteiger partial charge in [-0.3, -0.25) is 24.2 Å². The summed E-state index contributed by atoms with van der Waals surface area (Å²) in [5, 5.41) is 0. The Hall–Kier alpha value is -3.47. The highest BCUT2D eigenvalue weighted by Gasteiger charge is 2.51. The second-order valence-electron chi connectivity index (χ2n) is 7.14. The molecule has 0 amide bonds. The molecule has 1 heterocycles. The highest BCUT2D eigenvalue weighted by Crippen LogP contribution is 2.30. The molecule has 1 aliphatic heterocycles. The van der Waals surface area contributed by atoms with Gasteiger partial charge in [-0.1, -0.05) is 0 Å². The summed E-state index contributed by atoms with van der Waals surface area (Å²) < 4.78 is 32.0. The first-order chi connectivity index (χ1) is 15.6. The SMILES string of the molecule is COc1ccc(/C=N/[C@H]2[C@H](OC(C)=O)O[C@H](COC(C)=O)[C@@H](OC(C)=O)[C@@H]2OC(C)=O)cc1. The molecule has 0 radical (unpaired) electrons. The van der Waals surface area contributed by atoms with E-state index in [1.54, 1.807) is 24.3 Å². The van der Waals surface area contributed by atoms with Crippen LogP contribution in [-0.2, 0) is 42.9 Å². The molecule has 2 rings (SSSR count). The molecule has 0 aliphatic carbocycles. The van der Waals surface area contributed by atoms with Crippen LogP contribution < -0.4 is 4.74 Å². The molecule has 0 N–H and O–H groups in total. The lowest BCUT2D eigenvalue weighted by Crippen LogP contribution is -2.61. The second kappa shape index (κ2) is 12.0. The highest BCUT2D eigenvalue weighted by molar-refractivity contribution is 5.80. The normalized spacial score (nSPS) is 24.6. The van der Waals surface area contributed by atoms with E-state index in [1.807, 2.05) is 0 Å². The van der Waals surface area contributed by atoms with Crippen molar-refractivity contribution in [1.29, 1.82) is 0 Å². The van der Waals surface area contributed by atoms with Gasteiger partial charge in [0.25, 0.3) is 0 Å². The third-order valence-corrected chi connectivity index (χ3v) is 4.46. The summed E-state index contributed by atoms with van der Waals surface area (Å²) in [6, 6.07) is 5.84. The van der Waals surface area contributed by atoms with Crippen molar-refractivity contribution in [1.82, 2.24) is 0 Å². The van der Waals surface area contributed by atoms with Gasteiger partial charge in [-0.15, -0.1) is 0 Å². The Morgan fingerprint density at radius 3 is 1.97 bits per heavy atom. The van der Waals surface area contributed by atoms with E-state index in [0.29, 0.717) is 11.3 Å². The van der Waals surface area contributed by atoms with Crippen LogP contribution in [0.2, 0.25) is 0 Å². The fraction of sp³-hybridized carbons (Fsp3) is 0.500.